The number of allylic oxidation sites excluding steroid dienone is 1. The van der Waals surface area contributed by atoms with Crippen molar-refractivity contribution >= 4 is 29.1 Å². The number of rotatable bonds is 5. The van der Waals surface area contributed by atoms with Crippen LogP contribution >= 0.6 is 11.6 Å². The summed E-state index contributed by atoms with van der Waals surface area (Å²) in [5.41, 5.74) is 0.875. The summed E-state index contributed by atoms with van der Waals surface area (Å²) in [5.74, 6) is 0.672. The Morgan fingerprint density at radius 3 is 2.60 bits per heavy atom. The summed E-state index contributed by atoms with van der Waals surface area (Å²) in [7, 11) is 1.68. The maximum atomic E-state index is 12.1. The first-order chi connectivity index (χ1) is 11.9. The summed E-state index contributed by atoms with van der Waals surface area (Å²) in [4.78, 5) is 22.3. The van der Waals surface area contributed by atoms with Gasteiger partial charge in [0.1, 0.15) is 11.5 Å². The molecular formula is C17H12ClN3O4. The van der Waals surface area contributed by atoms with Crippen molar-refractivity contribution in [1.29, 1.82) is 0 Å². The second kappa shape index (κ2) is 6.74. The first kappa shape index (κ1) is 16.7. The van der Waals surface area contributed by atoms with Crippen molar-refractivity contribution in [3.8, 4) is 11.3 Å². The van der Waals surface area contributed by atoms with Crippen molar-refractivity contribution < 1.29 is 14.1 Å². The maximum Gasteiger partial charge on any atom is 0.269 e. The number of nitro benzene ring substituents is 1. The quantitative estimate of drug-likeness (QED) is 0.296. The van der Waals surface area contributed by atoms with Gasteiger partial charge in [0, 0.05) is 30.9 Å². The van der Waals surface area contributed by atoms with Gasteiger partial charge < -0.3 is 4.42 Å². The first-order valence-corrected chi connectivity index (χ1v) is 7.58. The van der Waals surface area contributed by atoms with E-state index in [2.05, 4.69) is 5.10 Å². The summed E-state index contributed by atoms with van der Waals surface area (Å²) in [6, 6.07) is 9.42. The van der Waals surface area contributed by atoms with E-state index in [1.807, 2.05) is 0 Å². The average molecular weight is 358 g/mol. The van der Waals surface area contributed by atoms with Gasteiger partial charge in [0.25, 0.3) is 5.69 Å². The van der Waals surface area contributed by atoms with Crippen molar-refractivity contribution in [2.45, 2.75) is 0 Å². The number of nitro groups is 1. The molecule has 0 N–H and O–H groups in total. The molecule has 0 radical (unpaired) electrons. The molecule has 25 heavy (non-hydrogen) atoms. The Kier molecular flexibility index (Phi) is 4.49. The molecule has 0 amide bonds. The number of non-ortho nitro benzene ring substituents is 1. The second-order valence-corrected chi connectivity index (χ2v) is 5.61. The number of benzene rings is 1. The van der Waals surface area contributed by atoms with Crippen molar-refractivity contribution in [2.75, 3.05) is 0 Å². The van der Waals surface area contributed by atoms with E-state index < -0.39 is 4.92 Å². The summed E-state index contributed by atoms with van der Waals surface area (Å²) < 4.78 is 7.09. The van der Waals surface area contributed by atoms with Crippen molar-refractivity contribution in [1.82, 2.24) is 9.78 Å². The van der Waals surface area contributed by atoms with Gasteiger partial charge in [0.05, 0.1) is 9.95 Å². The van der Waals surface area contributed by atoms with E-state index in [1.54, 1.807) is 37.5 Å². The molecular weight excluding hydrogens is 346 g/mol. The average Bonchev–Trinajstić information content (AvgIpc) is 3.19. The molecule has 2 aromatic heterocycles. The Morgan fingerprint density at radius 2 is 2.00 bits per heavy atom. The lowest BCUT2D eigenvalue weighted by Gasteiger charge is -1.96. The fourth-order valence-corrected chi connectivity index (χ4v) is 2.48. The summed E-state index contributed by atoms with van der Waals surface area (Å²) in [6.45, 7) is 0. The van der Waals surface area contributed by atoms with Gasteiger partial charge in [-0.3, -0.25) is 19.6 Å². The number of carbonyl (C=O) groups excluding carboxylic acids is 1. The van der Waals surface area contributed by atoms with Gasteiger partial charge in [-0.15, -0.1) is 0 Å². The minimum Gasteiger partial charge on any atom is -0.457 e. The zero-order valence-electron chi connectivity index (χ0n) is 13.0. The Hall–Kier alpha value is -3.19. The van der Waals surface area contributed by atoms with Gasteiger partial charge in [-0.05, 0) is 36.4 Å². The zero-order valence-corrected chi connectivity index (χ0v) is 13.8. The van der Waals surface area contributed by atoms with E-state index in [9.17, 15) is 14.9 Å². The molecule has 0 aliphatic heterocycles. The predicted octanol–water partition coefficient (Wildman–Crippen LogP) is 4.14. The number of halogens is 1. The molecule has 126 valence electrons. The highest BCUT2D eigenvalue weighted by Crippen LogP contribution is 2.25. The third kappa shape index (κ3) is 3.67. The molecule has 0 saturated heterocycles. The molecule has 0 saturated carbocycles. The molecule has 0 bridgehead atoms. The van der Waals surface area contributed by atoms with Gasteiger partial charge in [0.15, 0.2) is 5.69 Å². The number of carbonyl (C=O) groups is 1. The minimum atomic E-state index is -0.464. The third-order valence-corrected chi connectivity index (χ3v) is 3.68. The van der Waals surface area contributed by atoms with Gasteiger partial charge in [-0.2, -0.15) is 5.10 Å². The zero-order chi connectivity index (χ0) is 18.0. The Morgan fingerprint density at radius 1 is 1.28 bits per heavy atom. The molecule has 0 aliphatic rings. The standard InChI is InChI=1S/C17H12ClN3O4/c1-20-10-14(18)17(19-20)15(22)8-6-13-7-9-16(25-13)11-2-4-12(5-3-11)21(23)24/h2-10H,1H3/b8-6+. The molecule has 3 aromatic rings. The maximum absolute atomic E-state index is 12.1. The van der Waals surface area contributed by atoms with Gasteiger partial charge in [0.2, 0.25) is 5.78 Å². The molecule has 2 heterocycles. The molecule has 1 aromatic carbocycles. The molecule has 7 nitrogen and oxygen atoms in total. The topological polar surface area (TPSA) is 91.2 Å². The largest absolute Gasteiger partial charge is 0.457 e. The van der Waals surface area contributed by atoms with Crippen LogP contribution in [0.2, 0.25) is 5.02 Å². The number of aromatic nitrogens is 2. The van der Waals surface area contributed by atoms with Crippen LogP contribution in [-0.2, 0) is 7.05 Å². The van der Waals surface area contributed by atoms with Crippen molar-refractivity contribution in [2.24, 2.45) is 7.05 Å². The number of ketones is 1. The van der Waals surface area contributed by atoms with E-state index >= 15 is 0 Å². The van der Waals surface area contributed by atoms with Crippen LogP contribution in [0.15, 0.2) is 53.1 Å². The number of hydrogen-bond acceptors (Lipinski definition) is 5. The Labute approximate surface area is 147 Å². The van der Waals surface area contributed by atoms with Crippen LogP contribution in [0.4, 0.5) is 5.69 Å². The number of furan rings is 1. The van der Waals surface area contributed by atoms with E-state index in [0.717, 1.165) is 0 Å². The summed E-state index contributed by atoms with van der Waals surface area (Å²) in [6.07, 6.45) is 4.39. The lowest BCUT2D eigenvalue weighted by molar-refractivity contribution is -0.384. The molecule has 8 heteroatoms. The number of aryl methyl sites for hydroxylation is 1. The predicted molar refractivity (Wildman–Crippen MR) is 92.4 cm³/mol. The smallest absolute Gasteiger partial charge is 0.269 e. The summed E-state index contributed by atoms with van der Waals surface area (Å²) >= 11 is 5.93. The molecule has 0 atom stereocenters. The molecule has 0 spiro atoms. The summed E-state index contributed by atoms with van der Waals surface area (Å²) in [5, 5.41) is 14.9. The lowest BCUT2D eigenvalue weighted by atomic mass is 10.1. The SMILES string of the molecule is Cn1cc(Cl)c(C(=O)/C=C/c2ccc(-c3ccc([N+](=O)[O-])cc3)o2)n1. The fourth-order valence-electron chi connectivity index (χ4n) is 2.21. The van der Waals surface area contributed by atoms with Gasteiger partial charge in [-0.1, -0.05) is 11.6 Å². The molecule has 3 rings (SSSR count). The third-order valence-electron chi connectivity index (χ3n) is 3.41. The molecule has 0 unspecified atom stereocenters. The van der Waals surface area contributed by atoms with Crippen molar-refractivity contribution in [3.05, 3.63) is 75.3 Å². The Bertz CT molecular complexity index is 970. The molecule has 0 aliphatic carbocycles. The highest BCUT2D eigenvalue weighted by molar-refractivity contribution is 6.34. The van der Waals surface area contributed by atoms with Crippen LogP contribution < -0.4 is 0 Å². The monoisotopic (exact) mass is 357 g/mol. The Balaban J connectivity index is 1.76. The van der Waals surface area contributed by atoms with Crippen LogP contribution in [0.5, 0.6) is 0 Å². The minimum absolute atomic E-state index is 0.00765. The van der Waals surface area contributed by atoms with E-state index in [-0.39, 0.29) is 22.2 Å². The van der Waals surface area contributed by atoms with E-state index in [0.29, 0.717) is 17.1 Å². The van der Waals surface area contributed by atoms with Crippen LogP contribution in [-0.4, -0.2) is 20.5 Å². The highest BCUT2D eigenvalue weighted by atomic mass is 35.5. The van der Waals surface area contributed by atoms with Gasteiger partial charge >= 0.3 is 0 Å². The first-order valence-electron chi connectivity index (χ1n) is 7.20. The van der Waals surface area contributed by atoms with Crippen molar-refractivity contribution in [3.63, 3.8) is 0 Å². The highest BCUT2D eigenvalue weighted by Gasteiger charge is 2.12. The fraction of sp³-hybridized carbons (Fsp3) is 0.0588. The van der Waals surface area contributed by atoms with E-state index in [1.165, 1.54) is 29.0 Å². The van der Waals surface area contributed by atoms with E-state index in [4.69, 9.17) is 16.0 Å². The van der Waals surface area contributed by atoms with Crippen LogP contribution in [0.3, 0.4) is 0 Å². The van der Waals surface area contributed by atoms with Crippen LogP contribution in [0.1, 0.15) is 16.2 Å². The number of nitrogens with zero attached hydrogens (tertiary/aromatic N) is 3. The van der Waals surface area contributed by atoms with Crippen LogP contribution in [0.25, 0.3) is 17.4 Å². The van der Waals surface area contributed by atoms with Crippen LogP contribution in [0, 0.1) is 10.1 Å². The lowest BCUT2D eigenvalue weighted by Crippen LogP contribution is -1.98. The number of hydrogen-bond donors (Lipinski definition) is 0. The second-order valence-electron chi connectivity index (χ2n) is 5.20. The van der Waals surface area contributed by atoms with Gasteiger partial charge in [-0.25, -0.2) is 0 Å². The molecule has 0 fully saturated rings. The normalized spacial score (nSPS) is 11.1.